The van der Waals surface area contributed by atoms with Crippen LogP contribution in [0.2, 0.25) is 0 Å². The van der Waals surface area contributed by atoms with Crippen molar-refractivity contribution in [2.24, 2.45) is 5.73 Å². The van der Waals surface area contributed by atoms with E-state index in [9.17, 15) is 0 Å². The number of hydrogen-bond donors (Lipinski definition) is 2. The first-order valence-electron chi connectivity index (χ1n) is 5.42. The van der Waals surface area contributed by atoms with Crippen LogP contribution in [0, 0.1) is 20.8 Å². The van der Waals surface area contributed by atoms with Crippen LogP contribution in [0.25, 0.3) is 10.9 Å². The third-order valence-corrected chi connectivity index (χ3v) is 2.95. The number of fused-ring (bicyclic) bond motifs is 1. The summed E-state index contributed by atoms with van der Waals surface area (Å²) in [6.07, 6.45) is 0.954. The van der Waals surface area contributed by atoms with Gasteiger partial charge in [-0.3, -0.25) is 0 Å². The third kappa shape index (κ3) is 2.08. The fourth-order valence-electron chi connectivity index (χ4n) is 2.39. The lowest BCUT2D eigenvalue weighted by molar-refractivity contribution is 0.962. The van der Waals surface area contributed by atoms with Crippen LogP contribution in [-0.2, 0) is 6.42 Å². The van der Waals surface area contributed by atoms with E-state index in [2.05, 4.69) is 37.9 Å². The topological polar surface area (TPSA) is 41.8 Å². The molecule has 2 aromatic rings. The van der Waals surface area contributed by atoms with Crippen LogP contribution in [0.5, 0.6) is 0 Å². The Morgan fingerprint density at radius 3 is 2.50 bits per heavy atom. The Labute approximate surface area is 103 Å². The number of aromatic nitrogens is 1. The molecular weight excluding hydrogens is 220 g/mol. The van der Waals surface area contributed by atoms with Gasteiger partial charge in [0.2, 0.25) is 0 Å². The Kier molecular flexibility index (Phi) is 4.00. The van der Waals surface area contributed by atoms with E-state index in [1.165, 1.54) is 33.3 Å². The highest BCUT2D eigenvalue weighted by Gasteiger charge is 2.09. The summed E-state index contributed by atoms with van der Waals surface area (Å²) >= 11 is 0. The molecule has 88 valence electrons. The average Bonchev–Trinajstić information content (AvgIpc) is 2.43. The number of aryl methyl sites for hydroxylation is 3. The maximum atomic E-state index is 5.65. The van der Waals surface area contributed by atoms with E-state index in [4.69, 9.17) is 5.73 Å². The smallest absolute Gasteiger partial charge is 0.0464 e. The minimum Gasteiger partial charge on any atom is -0.358 e. The van der Waals surface area contributed by atoms with E-state index in [1.54, 1.807) is 0 Å². The first-order valence-corrected chi connectivity index (χ1v) is 5.42. The Hall–Kier alpha value is -0.990. The van der Waals surface area contributed by atoms with Crippen molar-refractivity contribution in [1.29, 1.82) is 0 Å². The molecule has 1 aromatic heterocycles. The van der Waals surface area contributed by atoms with E-state index in [0.717, 1.165) is 6.42 Å². The molecule has 0 saturated heterocycles. The first-order chi connectivity index (χ1) is 7.13. The number of halogens is 1. The molecule has 0 unspecified atom stereocenters. The number of aromatic amines is 1. The Morgan fingerprint density at radius 1 is 1.19 bits per heavy atom. The zero-order valence-corrected chi connectivity index (χ0v) is 10.9. The summed E-state index contributed by atoms with van der Waals surface area (Å²) in [4.78, 5) is 3.44. The standard InChI is InChI=1S/C13H18N2.ClH/c1-8-6-9(2)13-11(4-5-14)10(3)15-12(13)7-8;/h6-7,15H,4-5,14H2,1-3H3;1H. The van der Waals surface area contributed by atoms with Gasteiger partial charge in [-0.2, -0.15) is 0 Å². The molecular formula is C13H19ClN2. The number of rotatable bonds is 2. The van der Waals surface area contributed by atoms with Crippen molar-refractivity contribution in [2.45, 2.75) is 27.2 Å². The first kappa shape index (κ1) is 13.1. The molecule has 3 N–H and O–H groups in total. The van der Waals surface area contributed by atoms with Gasteiger partial charge < -0.3 is 10.7 Å². The van der Waals surface area contributed by atoms with Crippen molar-refractivity contribution in [3.8, 4) is 0 Å². The molecule has 0 aliphatic carbocycles. The van der Waals surface area contributed by atoms with Crippen molar-refractivity contribution < 1.29 is 0 Å². The van der Waals surface area contributed by atoms with Gasteiger partial charge in [0.25, 0.3) is 0 Å². The van der Waals surface area contributed by atoms with Gasteiger partial charge in [0.05, 0.1) is 0 Å². The van der Waals surface area contributed by atoms with E-state index in [-0.39, 0.29) is 12.4 Å². The predicted octanol–water partition coefficient (Wildman–Crippen LogP) is 3.02. The van der Waals surface area contributed by atoms with E-state index < -0.39 is 0 Å². The Balaban J connectivity index is 0.00000128. The molecule has 0 radical (unpaired) electrons. The van der Waals surface area contributed by atoms with Crippen LogP contribution in [-0.4, -0.2) is 11.5 Å². The molecule has 2 nitrogen and oxygen atoms in total. The Bertz CT molecular complexity index is 500. The van der Waals surface area contributed by atoms with Gasteiger partial charge in [0.1, 0.15) is 0 Å². The second-order valence-corrected chi connectivity index (χ2v) is 4.27. The molecule has 0 bridgehead atoms. The average molecular weight is 239 g/mol. The molecule has 16 heavy (non-hydrogen) atoms. The lowest BCUT2D eigenvalue weighted by Gasteiger charge is -2.03. The third-order valence-electron chi connectivity index (χ3n) is 2.95. The number of nitrogens with two attached hydrogens (primary N) is 1. The number of H-pyrrole nitrogens is 1. The van der Waals surface area contributed by atoms with Crippen LogP contribution in [0.4, 0.5) is 0 Å². The molecule has 0 aliphatic heterocycles. The van der Waals surface area contributed by atoms with Gasteiger partial charge in [-0.15, -0.1) is 12.4 Å². The largest absolute Gasteiger partial charge is 0.358 e. The molecule has 0 aliphatic rings. The molecule has 3 heteroatoms. The van der Waals surface area contributed by atoms with Crippen LogP contribution < -0.4 is 5.73 Å². The molecule has 0 saturated carbocycles. The molecule has 1 heterocycles. The fourth-order valence-corrected chi connectivity index (χ4v) is 2.39. The maximum Gasteiger partial charge on any atom is 0.0464 e. The van der Waals surface area contributed by atoms with Gasteiger partial charge in [0.15, 0.2) is 0 Å². The van der Waals surface area contributed by atoms with Crippen molar-refractivity contribution in [3.05, 3.63) is 34.5 Å². The monoisotopic (exact) mass is 238 g/mol. The number of benzene rings is 1. The molecule has 2 rings (SSSR count). The van der Waals surface area contributed by atoms with Crippen molar-refractivity contribution >= 4 is 23.3 Å². The van der Waals surface area contributed by atoms with Gasteiger partial charge in [-0.1, -0.05) is 6.07 Å². The molecule has 0 spiro atoms. The van der Waals surface area contributed by atoms with Gasteiger partial charge in [-0.05, 0) is 56.5 Å². The fraction of sp³-hybridized carbons (Fsp3) is 0.385. The second kappa shape index (κ2) is 4.89. The molecule has 0 atom stereocenters. The van der Waals surface area contributed by atoms with Crippen LogP contribution in [0.3, 0.4) is 0 Å². The zero-order chi connectivity index (χ0) is 11.0. The van der Waals surface area contributed by atoms with Crippen molar-refractivity contribution in [2.75, 3.05) is 6.54 Å². The number of nitrogens with one attached hydrogen (secondary N) is 1. The van der Waals surface area contributed by atoms with Crippen LogP contribution >= 0.6 is 12.4 Å². The lowest BCUT2D eigenvalue weighted by atomic mass is 10.0. The highest BCUT2D eigenvalue weighted by Crippen LogP contribution is 2.26. The molecule has 0 fully saturated rings. The van der Waals surface area contributed by atoms with Crippen LogP contribution in [0.15, 0.2) is 12.1 Å². The van der Waals surface area contributed by atoms with Gasteiger partial charge in [0, 0.05) is 16.6 Å². The summed E-state index contributed by atoms with van der Waals surface area (Å²) in [7, 11) is 0. The molecule has 1 aromatic carbocycles. The maximum absolute atomic E-state index is 5.65. The number of hydrogen-bond acceptors (Lipinski definition) is 1. The van der Waals surface area contributed by atoms with E-state index in [1.807, 2.05) is 0 Å². The zero-order valence-electron chi connectivity index (χ0n) is 10.1. The van der Waals surface area contributed by atoms with Gasteiger partial charge in [-0.25, -0.2) is 0 Å². The van der Waals surface area contributed by atoms with Crippen molar-refractivity contribution in [1.82, 2.24) is 4.98 Å². The highest BCUT2D eigenvalue weighted by molar-refractivity contribution is 5.88. The summed E-state index contributed by atoms with van der Waals surface area (Å²) in [5.74, 6) is 0. The minimum atomic E-state index is 0. The van der Waals surface area contributed by atoms with E-state index >= 15 is 0 Å². The quantitative estimate of drug-likeness (QED) is 0.830. The minimum absolute atomic E-state index is 0. The van der Waals surface area contributed by atoms with Crippen LogP contribution in [0.1, 0.15) is 22.4 Å². The normalized spacial score (nSPS) is 10.5. The highest BCUT2D eigenvalue weighted by atomic mass is 35.5. The predicted molar refractivity (Wildman–Crippen MR) is 72.5 cm³/mol. The van der Waals surface area contributed by atoms with Crippen molar-refractivity contribution in [3.63, 3.8) is 0 Å². The summed E-state index contributed by atoms with van der Waals surface area (Å²) in [6, 6.07) is 4.44. The Morgan fingerprint density at radius 2 is 1.88 bits per heavy atom. The van der Waals surface area contributed by atoms with Gasteiger partial charge >= 0.3 is 0 Å². The summed E-state index contributed by atoms with van der Waals surface area (Å²) in [5.41, 5.74) is 12.2. The lowest BCUT2D eigenvalue weighted by Crippen LogP contribution is -2.03. The molecule has 0 amide bonds. The van der Waals surface area contributed by atoms with E-state index in [0.29, 0.717) is 6.54 Å². The SMILES string of the molecule is Cc1cc(C)c2c(CCN)c(C)[nH]c2c1.Cl. The summed E-state index contributed by atoms with van der Waals surface area (Å²) < 4.78 is 0. The summed E-state index contributed by atoms with van der Waals surface area (Å²) in [6.45, 7) is 7.13. The summed E-state index contributed by atoms with van der Waals surface area (Å²) in [5, 5.41) is 1.36. The second-order valence-electron chi connectivity index (χ2n) is 4.27.